The molecule has 0 amide bonds. The summed E-state index contributed by atoms with van der Waals surface area (Å²) in [6.07, 6.45) is 3.78. The Hall–Kier alpha value is -1.94. The highest BCUT2D eigenvalue weighted by Crippen LogP contribution is 2.40. The molecule has 4 heteroatoms. The van der Waals surface area contributed by atoms with Crippen molar-refractivity contribution in [2.75, 3.05) is 14.2 Å². The van der Waals surface area contributed by atoms with E-state index in [0.717, 1.165) is 18.5 Å². The number of nitrogens with zero attached hydrogens (tertiary/aromatic N) is 2. The molecule has 1 N–H and O–H groups in total. The standard InChI is InChI=1S/C16H19N3O/c1-17-14(15-9-16(20-2)19-10-18-15)8-12-7-11-5-3-4-6-13(11)12/h3-6,9-10,12,14,17H,7-8H2,1-2H3. The molecule has 0 bridgehead atoms. The van der Waals surface area contributed by atoms with E-state index in [4.69, 9.17) is 4.74 Å². The molecule has 0 fully saturated rings. The van der Waals surface area contributed by atoms with E-state index in [0.29, 0.717) is 11.8 Å². The highest BCUT2D eigenvalue weighted by Gasteiger charge is 2.28. The van der Waals surface area contributed by atoms with Gasteiger partial charge in [0.05, 0.1) is 18.8 Å². The van der Waals surface area contributed by atoms with E-state index >= 15 is 0 Å². The van der Waals surface area contributed by atoms with E-state index in [-0.39, 0.29) is 6.04 Å². The van der Waals surface area contributed by atoms with Crippen molar-refractivity contribution in [2.45, 2.75) is 24.8 Å². The number of nitrogens with one attached hydrogen (secondary N) is 1. The van der Waals surface area contributed by atoms with Gasteiger partial charge in [-0.05, 0) is 36.9 Å². The van der Waals surface area contributed by atoms with Crippen LogP contribution in [0.2, 0.25) is 0 Å². The van der Waals surface area contributed by atoms with Crippen LogP contribution in [0.3, 0.4) is 0 Å². The van der Waals surface area contributed by atoms with Crippen LogP contribution in [0.15, 0.2) is 36.7 Å². The zero-order valence-corrected chi connectivity index (χ0v) is 11.8. The maximum Gasteiger partial charge on any atom is 0.216 e. The highest BCUT2D eigenvalue weighted by molar-refractivity contribution is 5.40. The lowest BCUT2D eigenvalue weighted by Gasteiger charge is -2.32. The molecule has 20 heavy (non-hydrogen) atoms. The summed E-state index contributed by atoms with van der Waals surface area (Å²) in [7, 11) is 3.60. The third-order valence-corrected chi connectivity index (χ3v) is 4.06. The van der Waals surface area contributed by atoms with Crippen molar-refractivity contribution in [3.63, 3.8) is 0 Å². The zero-order valence-electron chi connectivity index (χ0n) is 11.8. The second kappa shape index (κ2) is 5.59. The number of aromatic nitrogens is 2. The van der Waals surface area contributed by atoms with E-state index < -0.39 is 0 Å². The van der Waals surface area contributed by atoms with Crippen LogP contribution in [0.4, 0.5) is 0 Å². The van der Waals surface area contributed by atoms with Crippen molar-refractivity contribution in [1.29, 1.82) is 0 Å². The molecule has 3 rings (SSSR count). The van der Waals surface area contributed by atoms with Crippen molar-refractivity contribution in [1.82, 2.24) is 15.3 Å². The smallest absolute Gasteiger partial charge is 0.216 e. The molecule has 0 aliphatic heterocycles. The van der Waals surface area contributed by atoms with Crippen LogP contribution >= 0.6 is 0 Å². The van der Waals surface area contributed by atoms with Crippen LogP contribution in [-0.2, 0) is 6.42 Å². The summed E-state index contributed by atoms with van der Waals surface area (Å²) in [6.45, 7) is 0. The molecular weight excluding hydrogens is 250 g/mol. The second-order valence-corrected chi connectivity index (χ2v) is 5.16. The van der Waals surface area contributed by atoms with E-state index in [1.807, 2.05) is 13.1 Å². The Balaban J connectivity index is 1.75. The SMILES string of the molecule is CNC(CC1Cc2ccccc21)c1cc(OC)ncn1. The van der Waals surface area contributed by atoms with Crippen LogP contribution in [0.1, 0.15) is 35.2 Å². The highest BCUT2D eigenvalue weighted by atomic mass is 16.5. The van der Waals surface area contributed by atoms with Gasteiger partial charge in [-0.25, -0.2) is 9.97 Å². The van der Waals surface area contributed by atoms with Gasteiger partial charge in [0, 0.05) is 6.07 Å². The van der Waals surface area contributed by atoms with Gasteiger partial charge in [-0.2, -0.15) is 0 Å². The van der Waals surface area contributed by atoms with E-state index in [1.54, 1.807) is 13.4 Å². The molecule has 104 valence electrons. The lowest BCUT2D eigenvalue weighted by Crippen LogP contribution is -2.25. The van der Waals surface area contributed by atoms with Crippen LogP contribution in [0.25, 0.3) is 0 Å². The molecule has 1 aromatic heterocycles. The third kappa shape index (κ3) is 2.39. The van der Waals surface area contributed by atoms with Gasteiger partial charge in [-0.1, -0.05) is 24.3 Å². The average Bonchev–Trinajstić information content (AvgIpc) is 2.48. The topological polar surface area (TPSA) is 47.0 Å². The molecule has 2 atom stereocenters. The molecule has 1 aliphatic carbocycles. The Kier molecular flexibility index (Phi) is 3.65. The summed E-state index contributed by atoms with van der Waals surface area (Å²) in [5, 5.41) is 3.35. The molecule has 1 aromatic carbocycles. The van der Waals surface area contributed by atoms with Gasteiger partial charge >= 0.3 is 0 Å². The Labute approximate surface area is 119 Å². The predicted molar refractivity (Wildman–Crippen MR) is 77.9 cm³/mol. The summed E-state index contributed by atoms with van der Waals surface area (Å²) in [6, 6.07) is 10.8. The maximum absolute atomic E-state index is 5.17. The van der Waals surface area contributed by atoms with E-state index in [1.165, 1.54) is 11.1 Å². The monoisotopic (exact) mass is 269 g/mol. The summed E-state index contributed by atoms with van der Waals surface area (Å²) < 4.78 is 5.17. The molecule has 0 saturated heterocycles. The summed E-state index contributed by atoms with van der Waals surface area (Å²) in [5.41, 5.74) is 3.95. The summed E-state index contributed by atoms with van der Waals surface area (Å²) in [4.78, 5) is 8.44. The van der Waals surface area contributed by atoms with Gasteiger partial charge < -0.3 is 10.1 Å². The van der Waals surface area contributed by atoms with Gasteiger partial charge in [-0.15, -0.1) is 0 Å². The van der Waals surface area contributed by atoms with Crippen molar-refractivity contribution < 1.29 is 4.74 Å². The molecule has 0 spiro atoms. The minimum atomic E-state index is 0.227. The molecule has 0 saturated carbocycles. The van der Waals surface area contributed by atoms with Crippen LogP contribution in [0, 0.1) is 0 Å². The fourth-order valence-corrected chi connectivity index (χ4v) is 2.90. The Morgan fingerprint density at radius 3 is 2.95 bits per heavy atom. The first-order chi connectivity index (χ1) is 9.81. The van der Waals surface area contributed by atoms with Gasteiger partial charge in [0.25, 0.3) is 0 Å². The first-order valence-corrected chi connectivity index (χ1v) is 6.93. The molecule has 1 aliphatic rings. The minimum Gasteiger partial charge on any atom is -0.481 e. The predicted octanol–water partition coefficient (Wildman–Crippen LogP) is 2.48. The Morgan fingerprint density at radius 1 is 1.35 bits per heavy atom. The number of ether oxygens (including phenoxy) is 1. The van der Waals surface area contributed by atoms with Gasteiger partial charge in [0.1, 0.15) is 6.33 Å². The van der Waals surface area contributed by atoms with E-state index in [9.17, 15) is 0 Å². The first kappa shape index (κ1) is 13.1. The number of hydrogen-bond acceptors (Lipinski definition) is 4. The van der Waals surface area contributed by atoms with Crippen LogP contribution in [-0.4, -0.2) is 24.1 Å². The largest absolute Gasteiger partial charge is 0.481 e. The molecule has 4 nitrogen and oxygen atoms in total. The van der Waals surface area contributed by atoms with Crippen molar-refractivity contribution in [3.05, 3.63) is 53.5 Å². The van der Waals surface area contributed by atoms with Gasteiger partial charge in [-0.3, -0.25) is 0 Å². The summed E-state index contributed by atoms with van der Waals surface area (Å²) >= 11 is 0. The summed E-state index contributed by atoms with van der Waals surface area (Å²) in [5.74, 6) is 1.23. The average molecular weight is 269 g/mol. The second-order valence-electron chi connectivity index (χ2n) is 5.16. The van der Waals surface area contributed by atoms with Gasteiger partial charge in [0.2, 0.25) is 5.88 Å². The first-order valence-electron chi connectivity index (χ1n) is 6.93. The maximum atomic E-state index is 5.17. The number of fused-ring (bicyclic) bond motifs is 1. The molecule has 2 aromatic rings. The van der Waals surface area contributed by atoms with Crippen LogP contribution < -0.4 is 10.1 Å². The Bertz CT molecular complexity index is 600. The quantitative estimate of drug-likeness (QED) is 0.906. The Morgan fingerprint density at radius 2 is 2.20 bits per heavy atom. The number of rotatable bonds is 5. The fourth-order valence-electron chi connectivity index (χ4n) is 2.90. The van der Waals surface area contributed by atoms with E-state index in [2.05, 4.69) is 39.6 Å². The molecule has 0 radical (unpaired) electrons. The van der Waals surface area contributed by atoms with Gasteiger partial charge in [0.15, 0.2) is 0 Å². The van der Waals surface area contributed by atoms with Crippen LogP contribution in [0.5, 0.6) is 5.88 Å². The van der Waals surface area contributed by atoms with Crippen molar-refractivity contribution in [3.8, 4) is 5.88 Å². The fraction of sp³-hybridized carbons (Fsp3) is 0.375. The molecular formula is C16H19N3O. The molecule has 2 unspecified atom stereocenters. The zero-order chi connectivity index (χ0) is 13.9. The lowest BCUT2D eigenvalue weighted by atomic mass is 9.74. The van der Waals surface area contributed by atoms with Crippen molar-refractivity contribution in [2.24, 2.45) is 0 Å². The number of hydrogen-bond donors (Lipinski definition) is 1. The third-order valence-electron chi connectivity index (χ3n) is 4.06. The normalized spacial score (nSPS) is 18.0. The number of benzene rings is 1. The molecule has 1 heterocycles. The minimum absolute atomic E-state index is 0.227. The van der Waals surface area contributed by atoms with Crippen molar-refractivity contribution >= 4 is 0 Å². The lowest BCUT2D eigenvalue weighted by molar-refractivity contribution is 0.391. The number of methoxy groups -OCH3 is 1.